The Morgan fingerprint density at radius 3 is 2.73 bits per heavy atom. The molecule has 0 aromatic carbocycles. The second-order valence-corrected chi connectivity index (χ2v) is 4.33. The molecule has 1 heterocycles. The van der Waals surface area contributed by atoms with E-state index >= 15 is 0 Å². The van der Waals surface area contributed by atoms with E-state index in [1.165, 1.54) is 6.26 Å². The SMILES string of the molecule is O=C(O)C1(C2CCCC2O)CCC=CO1. The van der Waals surface area contributed by atoms with Gasteiger partial charge in [0.05, 0.1) is 12.4 Å². The van der Waals surface area contributed by atoms with Crippen molar-refractivity contribution < 1.29 is 19.7 Å². The monoisotopic (exact) mass is 212 g/mol. The van der Waals surface area contributed by atoms with Gasteiger partial charge in [0.15, 0.2) is 0 Å². The van der Waals surface area contributed by atoms with Crippen molar-refractivity contribution in [1.29, 1.82) is 0 Å². The van der Waals surface area contributed by atoms with Crippen LogP contribution in [0.3, 0.4) is 0 Å². The van der Waals surface area contributed by atoms with Crippen molar-refractivity contribution >= 4 is 5.97 Å². The summed E-state index contributed by atoms with van der Waals surface area (Å²) in [6.45, 7) is 0. The second kappa shape index (κ2) is 3.85. The van der Waals surface area contributed by atoms with Gasteiger partial charge in [-0.3, -0.25) is 0 Å². The van der Waals surface area contributed by atoms with Gasteiger partial charge in [0.1, 0.15) is 0 Å². The average molecular weight is 212 g/mol. The molecule has 0 amide bonds. The molecule has 0 radical (unpaired) electrons. The summed E-state index contributed by atoms with van der Waals surface area (Å²) in [6.07, 6.45) is 6.22. The predicted molar refractivity (Wildman–Crippen MR) is 53.2 cm³/mol. The lowest BCUT2D eigenvalue weighted by molar-refractivity contribution is -0.173. The van der Waals surface area contributed by atoms with Crippen LogP contribution in [0.2, 0.25) is 0 Å². The lowest BCUT2D eigenvalue weighted by Gasteiger charge is -2.37. The maximum absolute atomic E-state index is 11.3. The Balaban J connectivity index is 2.25. The third-order valence-electron chi connectivity index (χ3n) is 3.50. The number of allylic oxidation sites excluding steroid dienone is 1. The Hall–Kier alpha value is -1.03. The van der Waals surface area contributed by atoms with Crippen LogP contribution in [0, 0.1) is 5.92 Å². The first kappa shape index (κ1) is 10.5. The zero-order valence-corrected chi connectivity index (χ0v) is 8.56. The van der Waals surface area contributed by atoms with Crippen LogP contribution in [0.15, 0.2) is 12.3 Å². The molecule has 4 heteroatoms. The van der Waals surface area contributed by atoms with Crippen molar-refractivity contribution in [1.82, 2.24) is 0 Å². The van der Waals surface area contributed by atoms with E-state index in [9.17, 15) is 15.0 Å². The molecule has 2 rings (SSSR count). The third kappa shape index (κ3) is 1.63. The van der Waals surface area contributed by atoms with Crippen LogP contribution < -0.4 is 0 Å². The Bertz CT molecular complexity index is 286. The normalized spacial score (nSPS) is 40.1. The van der Waals surface area contributed by atoms with Gasteiger partial charge in [-0.1, -0.05) is 6.42 Å². The number of aliphatic hydroxyl groups excluding tert-OH is 1. The van der Waals surface area contributed by atoms with E-state index in [-0.39, 0.29) is 5.92 Å². The van der Waals surface area contributed by atoms with Gasteiger partial charge in [0, 0.05) is 12.3 Å². The van der Waals surface area contributed by atoms with Crippen LogP contribution in [0.1, 0.15) is 32.1 Å². The molecule has 1 saturated carbocycles. The number of hydrogen-bond donors (Lipinski definition) is 2. The first-order valence-corrected chi connectivity index (χ1v) is 5.41. The van der Waals surface area contributed by atoms with Gasteiger partial charge in [-0.15, -0.1) is 0 Å². The topological polar surface area (TPSA) is 66.8 Å². The van der Waals surface area contributed by atoms with E-state index in [1.807, 2.05) is 6.08 Å². The van der Waals surface area contributed by atoms with Crippen molar-refractivity contribution in [3.63, 3.8) is 0 Å². The Labute approximate surface area is 88.6 Å². The molecular formula is C11H16O4. The van der Waals surface area contributed by atoms with Crippen LogP contribution in [0.5, 0.6) is 0 Å². The lowest BCUT2D eigenvalue weighted by atomic mass is 9.80. The predicted octanol–water partition coefficient (Wildman–Crippen LogP) is 1.29. The van der Waals surface area contributed by atoms with Gasteiger partial charge in [-0.05, 0) is 25.3 Å². The molecule has 15 heavy (non-hydrogen) atoms. The first-order valence-electron chi connectivity index (χ1n) is 5.41. The smallest absolute Gasteiger partial charge is 0.348 e. The van der Waals surface area contributed by atoms with Crippen molar-refractivity contribution in [2.75, 3.05) is 0 Å². The molecule has 3 unspecified atom stereocenters. The van der Waals surface area contributed by atoms with Crippen molar-refractivity contribution in [3.05, 3.63) is 12.3 Å². The summed E-state index contributed by atoms with van der Waals surface area (Å²) in [5, 5.41) is 19.1. The summed E-state index contributed by atoms with van der Waals surface area (Å²) >= 11 is 0. The van der Waals surface area contributed by atoms with E-state index in [2.05, 4.69) is 0 Å². The lowest BCUT2D eigenvalue weighted by Crippen LogP contribution is -2.50. The fourth-order valence-electron chi connectivity index (χ4n) is 2.67. The number of rotatable bonds is 2. The first-order chi connectivity index (χ1) is 7.17. The molecule has 3 atom stereocenters. The van der Waals surface area contributed by atoms with Gasteiger partial charge in [-0.2, -0.15) is 0 Å². The van der Waals surface area contributed by atoms with Gasteiger partial charge in [0.25, 0.3) is 0 Å². The highest BCUT2D eigenvalue weighted by atomic mass is 16.5. The maximum Gasteiger partial charge on any atom is 0.348 e. The number of carboxylic acid groups (broad SMARTS) is 1. The van der Waals surface area contributed by atoms with Gasteiger partial charge in [0.2, 0.25) is 5.60 Å². The standard InChI is InChI=1S/C11H16O4/c12-9-5-3-4-8(9)11(10(13)14)6-1-2-7-15-11/h2,7-9,12H,1,3-6H2,(H,13,14). The summed E-state index contributed by atoms with van der Waals surface area (Å²) in [6, 6.07) is 0. The second-order valence-electron chi connectivity index (χ2n) is 4.33. The zero-order chi connectivity index (χ0) is 10.9. The summed E-state index contributed by atoms with van der Waals surface area (Å²) in [7, 11) is 0. The molecule has 2 aliphatic rings. The summed E-state index contributed by atoms with van der Waals surface area (Å²) in [5.41, 5.74) is -1.19. The number of carbonyl (C=O) groups is 1. The minimum absolute atomic E-state index is 0.264. The van der Waals surface area contributed by atoms with Crippen molar-refractivity contribution in [3.8, 4) is 0 Å². The molecule has 1 aliphatic heterocycles. The molecule has 0 bridgehead atoms. The van der Waals surface area contributed by atoms with E-state index < -0.39 is 17.7 Å². The molecule has 84 valence electrons. The molecule has 0 saturated heterocycles. The molecule has 1 fully saturated rings. The molecule has 0 spiro atoms. The van der Waals surface area contributed by atoms with Crippen molar-refractivity contribution in [2.45, 2.75) is 43.8 Å². The van der Waals surface area contributed by atoms with E-state index in [1.54, 1.807) is 0 Å². The average Bonchev–Trinajstić information content (AvgIpc) is 2.66. The quantitative estimate of drug-likeness (QED) is 0.724. The number of carboxylic acids is 1. The highest BCUT2D eigenvalue weighted by molar-refractivity contribution is 5.78. The summed E-state index contributed by atoms with van der Waals surface area (Å²) < 4.78 is 5.34. The molecule has 4 nitrogen and oxygen atoms in total. The zero-order valence-electron chi connectivity index (χ0n) is 8.56. The van der Waals surface area contributed by atoms with Crippen LogP contribution in [-0.2, 0) is 9.53 Å². The Kier molecular flexibility index (Phi) is 2.69. The molecule has 0 aromatic heterocycles. The van der Waals surface area contributed by atoms with Crippen LogP contribution in [0.4, 0.5) is 0 Å². The van der Waals surface area contributed by atoms with E-state index in [0.717, 1.165) is 12.8 Å². The number of ether oxygens (including phenoxy) is 1. The number of aliphatic hydroxyl groups is 1. The van der Waals surface area contributed by atoms with Crippen molar-refractivity contribution in [2.24, 2.45) is 5.92 Å². The molecular weight excluding hydrogens is 196 g/mol. The molecule has 2 N–H and O–H groups in total. The highest BCUT2D eigenvalue weighted by Crippen LogP contribution is 2.41. The van der Waals surface area contributed by atoms with Crippen LogP contribution in [-0.4, -0.2) is 27.9 Å². The molecule has 0 aromatic rings. The largest absolute Gasteiger partial charge is 0.483 e. The van der Waals surface area contributed by atoms with E-state index in [0.29, 0.717) is 19.3 Å². The minimum Gasteiger partial charge on any atom is -0.483 e. The minimum atomic E-state index is -1.19. The maximum atomic E-state index is 11.3. The highest BCUT2D eigenvalue weighted by Gasteiger charge is 2.52. The fraction of sp³-hybridized carbons (Fsp3) is 0.727. The van der Waals surface area contributed by atoms with E-state index in [4.69, 9.17) is 4.74 Å². The summed E-state index contributed by atoms with van der Waals surface area (Å²) in [5.74, 6) is -1.21. The van der Waals surface area contributed by atoms with Gasteiger partial charge >= 0.3 is 5.97 Å². The molecule has 1 aliphatic carbocycles. The van der Waals surface area contributed by atoms with Gasteiger partial charge < -0.3 is 14.9 Å². The van der Waals surface area contributed by atoms with Crippen LogP contribution in [0.25, 0.3) is 0 Å². The third-order valence-corrected chi connectivity index (χ3v) is 3.50. The Morgan fingerprint density at radius 1 is 1.47 bits per heavy atom. The fourth-order valence-corrected chi connectivity index (χ4v) is 2.67. The number of aliphatic carboxylic acids is 1. The van der Waals surface area contributed by atoms with Gasteiger partial charge in [-0.25, -0.2) is 4.79 Å². The Morgan fingerprint density at radius 2 is 2.27 bits per heavy atom. The number of hydrogen-bond acceptors (Lipinski definition) is 3. The van der Waals surface area contributed by atoms with Crippen LogP contribution >= 0.6 is 0 Å². The summed E-state index contributed by atoms with van der Waals surface area (Å²) in [4.78, 5) is 11.3.